The Bertz CT molecular complexity index is 453. The number of hydrogen-bond donors (Lipinski definition) is 1. The van der Waals surface area contributed by atoms with Crippen molar-refractivity contribution in [3.05, 3.63) is 35.4 Å². The fourth-order valence-corrected chi connectivity index (χ4v) is 2.99. The third-order valence-corrected chi connectivity index (χ3v) is 4.25. The zero-order chi connectivity index (χ0) is 14.7. The number of halogens is 2. The van der Waals surface area contributed by atoms with Crippen LogP contribution in [0.2, 0.25) is 0 Å². The van der Waals surface area contributed by atoms with Gasteiger partial charge in [-0.25, -0.2) is 8.78 Å². The van der Waals surface area contributed by atoms with Crippen molar-refractivity contribution in [1.29, 1.82) is 0 Å². The Labute approximate surface area is 119 Å². The normalized spacial score (nSPS) is 21.6. The second-order valence-corrected chi connectivity index (χ2v) is 5.63. The van der Waals surface area contributed by atoms with Crippen LogP contribution in [0.5, 0.6) is 0 Å². The number of benzene rings is 1. The van der Waals surface area contributed by atoms with Crippen molar-refractivity contribution in [2.45, 2.75) is 24.9 Å². The van der Waals surface area contributed by atoms with Gasteiger partial charge in [0.2, 0.25) is 0 Å². The lowest BCUT2D eigenvalue weighted by Gasteiger charge is -2.32. The molecule has 1 aliphatic rings. The summed E-state index contributed by atoms with van der Waals surface area (Å²) < 4.78 is 26.9. The highest BCUT2D eigenvalue weighted by atomic mass is 19.1. The number of likely N-dealkylation sites (tertiary alicyclic amines) is 1. The summed E-state index contributed by atoms with van der Waals surface area (Å²) >= 11 is 0. The molecule has 0 amide bonds. The quantitative estimate of drug-likeness (QED) is 0.897. The Morgan fingerprint density at radius 2 is 2.20 bits per heavy atom. The first kappa shape index (κ1) is 15.4. The van der Waals surface area contributed by atoms with Crippen LogP contribution in [0.1, 0.15) is 24.4 Å². The molecular weight excluding hydrogens is 260 g/mol. The van der Waals surface area contributed by atoms with Crippen LogP contribution in [0.25, 0.3) is 0 Å². The van der Waals surface area contributed by atoms with Gasteiger partial charge in [-0.2, -0.15) is 0 Å². The predicted octanol–water partition coefficient (Wildman–Crippen LogP) is 1.99. The molecule has 20 heavy (non-hydrogen) atoms. The van der Waals surface area contributed by atoms with E-state index in [1.807, 2.05) is 7.05 Å². The van der Waals surface area contributed by atoms with Crippen LogP contribution in [-0.2, 0) is 0 Å². The van der Waals surface area contributed by atoms with E-state index in [0.717, 1.165) is 25.6 Å². The van der Waals surface area contributed by atoms with E-state index < -0.39 is 11.6 Å². The van der Waals surface area contributed by atoms with E-state index in [2.05, 4.69) is 16.8 Å². The average Bonchev–Trinajstić information content (AvgIpc) is 2.78. The molecule has 112 valence electrons. The summed E-state index contributed by atoms with van der Waals surface area (Å²) in [5.74, 6) is -1.08. The van der Waals surface area contributed by atoms with Crippen molar-refractivity contribution < 1.29 is 8.78 Å². The summed E-state index contributed by atoms with van der Waals surface area (Å²) in [7, 11) is 4.06. The first-order valence-electron chi connectivity index (χ1n) is 7.08. The second kappa shape index (κ2) is 6.61. The van der Waals surface area contributed by atoms with Crippen LogP contribution in [0, 0.1) is 11.6 Å². The minimum atomic E-state index is -0.555. The largest absolute Gasteiger partial charge is 0.329 e. The molecule has 2 N–H and O–H groups in total. The van der Waals surface area contributed by atoms with Crippen LogP contribution < -0.4 is 5.73 Å². The summed E-state index contributed by atoms with van der Waals surface area (Å²) in [5.41, 5.74) is 6.28. The molecule has 0 aromatic heterocycles. The molecule has 1 heterocycles. The van der Waals surface area contributed by atoms with Gasteiger partial charge in [-0.1, -0.05) is 6.07 Å². The van der Waals surface area contributed by atoms with E-state index in [9.17, 15) is 8.78 Å². The number of likely N-dealkylation sites (N-methyl/N-ethyl adjacent to an activating group) is 2. The Balaban J connectivity index is 2.10. The van der Waals surface area contributed by atoms with Crippen LogP contribution in [0.15, 0.2) is 18.2 Å². The molecule has 1 aliphatic heterocycles. The first-order valence-corrected chi connectivity index (χ1v) is 7.08. The molecule has 1 aromatic carbocycles. The topological polar surface area (TPSA) is 32.5 Å². The van der Waals surface area contributed by atoms with E-state index >= 15 is 0 Å². The zero-order valence-corrected chi connectivity index (χ0v) is 12.1. The molecule has 0 bridgehead atoms. The minimum Gasteiger partial charge on any atom is -0.329 e. The SMILES string of the molecule is CN1CCCC1CN(C)C(CN)c1ccc(F)cc1F. The standard InChI is InChI=1S/C15H23F2N3/c1-19-7-3-4-12(19)10-20(2)15(9-18)13-6-5-11(16)8-14(13)17/h5-6,8,12,15H,3-4,7,9-10,18H2,1-2H3. The number of hydrogen-bond acceptors (Lipinski definition) is 3. The van der Waals surface area contributed by atoms with Gasteiger partial charge < -0.3 is 10.6 Å². The first-order chi connectivity index (χ1) is 9.52. The molecule has 3 nitrogen and oxygen atoms in total. The molecule has 2 rings (SSSR count). The van der Waals surface area contributed by atoms with Crippen molar-refractivity contribution in [2.75, 3.05) is 33.7 Å². The monoisotopic (exact) mass is 283 g/mol. The third-order valence-electron chi connectivity index (χ3n) is 4.25. The van der Waals surface area contributed by atoms with E-state index in [0.29, 0.717) is 18.2 Å². The highest BCUT2D eigenvalue weighted by molar-refractivity contribution is 5.22. The molecule has 1 aromatic rings. The predicted molar refractivity (Wildman–Crippen MR) is 76.4 cm³/mol. The van der Waals surface area contributed by atoms with Crippen LogP contribution >= 0.6 is 0 Å². The molecule has 0 saturated carbocycles. The van der Waals surface area contributed by atoms with E-state index in [4.69, 9.17) is 5.73 Å². The average molecular weight is 283 g/mol. The van der Waals surface area contributed by atoms with E-state index in [-0.39, 0.29) is 6.04 Å². The lowest BCUT2D eigenvalue weighted by Crippen LogP contribution is -2.40. The molecule has 0 radical (unpaired) electrons. The minimum absolute atomic E-state index is 0.218. The number of nitrogens with zero attached hydrogens (tertiary/aromatic N) is 2. The number of nitrogens with two attached hydrogens (primary N) is 1. The summed E-state index contributed by atoms with van der Waals surface area (Å²) in [4.78, 5) is 4.40. The molecule has 0 aliphatic carbocycles. The third kappa shape index (κ3) is 3.34. The number of rotatable bonds is 5. The molecule has 5 heteroatoms. The van der Waals surface area contributed by atoms with Gasteiger partial charge in [-0.15, -0.1) is 0 Å². The maximum atomic E-state index is 13.9. The van der Waals surface area contributed by atoms with E-state index in [1.54, 1.807) is 0 Å². The fourth-order valence-electron chi connectivity index (χ4n) is 2.99. The molecule has 2 unspecified atom stereocenters. The van der Waals surface area contributed by atoms with Gasteiger partial charge in [0, 0.05) is 36.8 Å². The summed E-state index contributed by atoms with van der Waals surface area (Å²) in [6, 6.07) is 3.98. The maximum absolute atomic E-state index is 13.9. The summed E-state index contributed by atoms with van der Waals surface area (Å²) in [6.45, 7) is 2.27. The van der Waals surface area contributed by atoms with Crippen LogP contribution in [-0.4, -0.2) is 49.6 Å². The van der Waals surface area contributed by atoms with Crippen molar-refractivity contribution >= 4 is 0 Å². The van der Waals surface area contributed by atoms with Gasteiger partial charge in [-0.3, -0.25) is 4.90 Å². The smallest absolute Gasteiger partial charge is 0.130 e. The lowest BCUT2D eigenvalue weighted by atomic mass is 10.0. The van der Waals surface area contributed by atoms with Gasteiger partial charge in [0.05, 0.1) is 0 Å². The van der Waals surface area contributed by atoms with Crippen molar-refractivity contribution in [3.8, 4) is 0 Å². The molecule has 0 spiro atoms. The molecule has 2 atom stereocenters. The van der Waals surface area contributed by atoms with E-state index in [1.165, 1.54) is 18.6 Å². The zero-order valence-electron chi connectivity index (χ0n) is 12.1. The highest BCUT2D eigenvalue weighted by Gasteiger charge is 2.26. The van der Waals surface area contributed by atoms with Crippen LogP contribution in [0.3, 0.4) is 0 Å². The Morgan fingerprint density at radius 3 is 2.75 bits per heavy atom. The van der Waals surface area contributed by atoms with Gasteiger partial charge in [-0.05, 0) is 39.5 Å². The van der Waals surface area contributed by atoms with Gasteiger partial charge in [0.25, 0.3) is 0 Å². The van der Waals surface area contributed by atoms with Gasteiger partial charge in [0.1, 0.15) is 11.6 Å². The summed E-state index contributed by atoms with van der Waals surface area (Å²) in [5, 5.41) is 0. The van der Waals surface area contributed by atoms with Crippen LogP contribution in [0.4, 0.5) is 8.78 Å². The molecule has 1 saturated heterocycles. The molecule has 1 fully saturated rings. The Morgan fingerprint density at radius 1 is 1.45 bits per heavy atom. The highest BCUT2D eigenvalue weighted by Crippen LogP contribution is 2.24. The summed E-state index contributed by atoms with van der Waals surface area (Å²) in [6.07, 6.45) is 2.36. The fraction of sp³-hybridized carbons (Fsp3) is 0.600. The lowest BCUT2D eigenvalue weighted by molar-refractivity contribution is 0.177. The van der Waals surface area contributed by atoms with Crippen molar-refractivity contribution in [1.82, 2.24) is 9.80 Å². The molecular formula is C15H23F2N3. The van der Waals surface area contributed by atoms with Crippen molar-refractivity contribution in [2.24, 2.45) is 5.73 Å². The Hall–Kier alpha value is -1.04. The second-order valence-electron chi connectivity index (χ2n) is 5.63. The van der Waals surface area contributed by atoms with Gasteiger partial charge >= 0.3 is 0 Å². The van der Waals surface area contributed by atoms with Crippen molar-refractivity contribution in [3.63, 3.8) is 0 Å². The Kier molecular flexibility index (Phi) is 5.07. The van der Waals surface area contributed by atoms with Gasteiger partial charge in [0.15, 0.2) is 0 Å². The maximum Gasteiger partial charge on any atom is 0.130 e.